The molecule has 0 amide bonds. The van der Waals surface area contributed by atoms with Crippen LogP contribution in [-0.2, 0) is 4.79 Å². The molecular formula is C21H34O. The second-order valence-corrected chi connectivity index (χ2v) is 9.69. The lowest BCUT2D eigenvalue weighted by molar-refractivity contribution is -0.133. The summed E-state index contributed by atoms with van der Waals surface area (Å²) in [6.07, 6.45) is 14.1. The molecule has 0 N–H and O–H groups in total. The van der Waals surface area contributed by atoms with Crippen molar-refractivity contribution >= 4 is 5.78 Å². The molecule has 22 heavy (non-hydrogen) atoms. The van der Waals surface area contributed by atoms with Crippen LogP contribution in [0.15, 0.2) is 0 Å². The van der Waals surface area contributed by atoms with Gasteiger partial charge in [-0.1, -0.05) is 26.7 Å². The maximum Gasteiger partial charge on any atom is 0.133 e. The number of Topliss-reactive ketones (excluding diaryl/α,β-unsaturated/α-hetero) is 1. The lowest BCUT2D eigenvalue weighted by atomic mass is 9.45. The minimum atomic E-state index is 0.338. The first-order valence-corrected chi connectivity index (χ1v) is 9.97. The highest BCUT2D eigenvalue weighted by Crippen LogP contribution is 2.67. The summed E-state index contributed by atoms with van der Waals surface area (Å²) in [6.45, 7) is 6.97. The topological polar surface area (TPSA) is 17.1 Å². The molecule has 4 unspecified atom stereocenters. The van der Waals surface area contributed by atoms with E-state index in [1.165, 1.54) is 64.2 Å². The van der Waals surface area contributed by atoms with Crippen molar-refractivity contribution in [3.8, 4) is 0 Å². The van der Waals surface area contributed by atoms with Gasteiger partial charge in [-0.05, 0) is 92.8 Å². The standard InChI is InChI=1S/C21H34O/c1-14(22)17-9-10-18-16-8-7-15-6-4-5-12-20(15,2)19(16)11-13-21(17,18)3/h15-19H,4-13H2,1-3H3/t15?,16?,17-,18?,19?,20+,21-/m1/s1. The Bertz CT molecular complexity index is 469. The summed E-state index contributed by atoms with van der Waals surface area (Å²) in [5.74, 6) is 4.60. The summed E-state index contributed by atoms with van der Waals surface area (Å²) in [7, 11) is 0. The summed E-state index contributed by atoms with van der Waals surface area (Å²) in [6, 6.07) is 0. The Kier molecular flexibility index (Phi) is 3.51. The van der Waals surface area contributed by atoms with E-state index in [2.05, 4.69) is 13.8 Å². The van der Waals surface area contributed by atoms with Crippen molar-refractivity contribution in [3.05, 3.63) is 0 Å². The number of carbonyl (C=O) groups excluding carboxylic acids is 1. The van der Waals surface area contributed by atoms with Crippen molar-refractivity contribution in [1.29, 1.82) is 0 Å². The SMILES string of the molecule is CC(=O)[C@H]1CCC2C3CCC4CCCC[C@]4(C)C3CC[C@@]21C. The van der Waals surface area contributed by atoms with E-state index in [1.54, 1.807) is 0 Å². The molecule has 0 aliphatic heterocycles. The van der Waals surface area contributed by atoms with Crippen molar-refractivity contribution in [2.75, 3.05) is 0 Å². The molecule has 1 nitrogen and oxygen atoms in total. The van der Waals surface area contributed by atoms with Gasteiger partial charge in [-0.2, -0.15) is 0 Å². The van der Waals surface area contributed by atoms with Crippen molar-refractivity contribution in [2.45, 2.75) is 85.0 Å². The largest absolute Gasteiger partial charge is 0.300 e. The molecular weight excluding hydrogens is 268 g/mol. The first kappa shape index (κ1) is 15.2. The zero-order chi connectivity index (χ0) is 15.5. The third-order valence-electron chi connectivity index (χ3n) is 9.07. The molecule has 124 valence electrons. The summed E-state index contributed by atoms with van der Waals surface area (Å²) < 4.78 is 0. The van der Waals surface area contributed by atoms with Crippen LogP contribution in [0.3, 0.4) is 0 Å². The van der Waals surface area contributed by atoms with Gasteiger partial charge in [0, 0.05) is 5.92 Å². The minimum absolute atomic E-state index is 0.338. The van der Waals surface area contributed by atoms with E-state index < -0.39 is 0 Å². The van der Waals surface area contributed by atoms with Gasteiger partial charge in [0.25, 0.3) is 0 Å². The summed E-state index contributed by atoms with van der Waals surface area (Å²) in [4.78, 5) is 12.2. The Morgan fingerprint density at radius 3 is 2.36 bits per heavy atom. The first-order chi connectivity index (χ1) is 10.5. The van der Waals surface area contributed by atoms with Gasteiger partial charge in [-0.15, -0.1) is 0 Å². The van der Waals surface area contributed by atoms with Crippen LogP contribution in [0, 0.1) is 40.4 Å². The molecule has 0 aromatic heterocycles. The van der Waals surface area contributed by atoms with E-state index in [4.69, 9.17) is 0 Å². The van der Waals surface area contributed by atoms with Crippen LogP contribution in [0.2, 0.25) is 0 Å². The van der Waals surface area contributed by atoms with Crippen molar-refractivity contribution < 1.29 is 4.79 Å². The van der Waals surface area contributed by atoms with Gasteiger partial charge in [0.1, 0.15) is 5.78 Å². The number of hydrogen-bond donors (Lipinski definition) is 0. The maximum atomic E-state index is 12.2. The Balaban J connectivity index is 1.63. The third-order valence-corrected chi connectivity index (χ3v) is 9.07. The molecule has 0 radical (unpaired) electrons. The number of ketones is 1. The van der Waals surface area contributed by atoms with E-state index in [1.807, 2.05) is 6.92 Å². The van der Waals surface area contributed by atoms with Crippen LogP contribution < -0.4 is 0 Å². The van der Waals surface area contributed by atoms with E-state index >= 15 is 0 Å². The van der Waals surface area contributed by atoms with Crippen LogP contribution in [0.4, 0.5) is 0 Å². The predicted octanol–water partition coefficient (Wildman–Crippen LogP) is 5.62. The molecule has 0 saturated heterocycles. The van der Waals surface area contributed by atoms with Crippen LogP contribution in [0.5, 0.6) is 0 Å². The molecule has 4 saturated carbocycles. The van der Waals surface area contributed by atoms with Crippen LogP contribution in [0.25, 0.3) is 0 Å². The molecule has 0 aromatic rings. The molecule has 0 aromatic carbocycles. The number of hydrogen-bond acceptors (Lipinski definition) is 1. The fraction of sp³-hybridized carbons (Fsp3) is 0.952. The molecule has 7 atom stereocenters. The lowest BCUT2D eigenvalue weighted by Gasteiger charge is -2.60. The molecule has 4 aliphatic rings. The van der Waals surface area contributed by atoms with E-state index in [-0.39, 0.29) is 0 Å². The van der Waals surface area contributed by atoms with Crippen molar-refractivity contribution in [2.24, 2.45) is 40.4 Å². The Morgan fingerprint density at radius 2 is 1.59 bits per heavy atom. The van der Waals surface area contributed by atoms with Crippen LogP contribution in [0.1, 0.15) is 85.0 Å². The van der Waals surface area contributed by atoms with Gasteiger partial charge in [0.05, 0.1) is 0 Å². The zero-order valence-electron chi connectivity index (χ0n) is 14.9. The first-order valence-electron chi connectivity index (χ1n) is 9.97. The molecule has 0 spiro atoms. The average molecular weight is 303 g/mol. The average Bonchev–Trinajstić information content (AvgIpc) is 2.84. The predicted molar refractivity (Wildman–Crippen MR) is 90.5 cm³/mol. The Morgan fingerprint density at radius 1 is 0.818 bits per heavy atom. The highest BCUT2D eigenvalue weighted by atomic mass is 16.1. The zero-order valence-corrected chi connectivity index (χ0v) is 14.9. The highest BCUT2D eigenvalue weighted by Gasteiger charge is 2.60. The molecule has 1 heteroatoms. The van der Waals surface area contributed by atoms with E-state index in [0.717, 1.165) is 23.7 Å². The summed E-state index contributed by atoms with van der Waals surface area (Å²) in [5, 5.41) is 0. The van der Waals surface area contributed by atoms with Gasteiger partial charge >= 0.3 is 0 Å². The summed E-state index contributed by atoms with van der Waals surface area (Å²) in [5.41, 5.74) is 0.974. The Hall–Kier alpha value is -0.330. The van der Waals surface area contributed by atoms with Gasteiger partial charge in [0.15, 0.2) is 0 Å². The smallest absolute Gasteiger partial charge is 0.133 e. The molecule has 4 fully saturated rings. The molecule has 0 bridgehead atoms. The van der Waals surface area contributed by atoms with E-state index in [9.17, 15) is 4.79 Å². The third kappa shape index (κ3) is 1.93. The maximum absolute atomic E-state index is 12.2. The van der Waals surface area contributed by atoms with Gasteiger partial charge in [0.2, 0.25) is 0 Å². The summed E-state index contributed by atoms with van der Waals surface area (Å²) >= 11 is 0. The van der Waals surface area contributed by atoms with E-state index in [0.29, 0.717) is 22.5 Å². The monoisotopic (exact) mass is 302 g/mol. The normalized spacial score (nSPS) is 54.2. The second kappa shape index (κ2) is 5.08. The quantitative estimate of drug-likeness (QED) is 0.614. The second-order valence-electron chi connectivity index (χ2n) is 9.69. The van der Waals surface area contributed by atoms with Crippen LogP contribution >= 0.6 is 0 Å². The molecule has 0 heterocycles. The van der Waals surface area contributed by atoms with Gasteiger partial charge in [-0.25, -0.2) is 0 Å². The number of fused-ring (bicyclic) bond motifs is 5. The lowest BCUT2D eigenvalue weighted by Crippen LogP contribution is -2.53. The van der Waals surface area contributed by atoms with Gasteiger partial charge in [-0.3, -0.25) is 4.79 Å². The number of rotatable bonds is 1. The fourth-order valence-corrected chi connectivity index (χ4v) is 7.96. The highest BCUT2D eigenvalue weighted by molar-refractivity contribution is 5.79. The molecule has 4 aliphatic carbocycles. The Labute approximate surface area is 136 Å². The van der Waals surface area contributed by atoms with Gasteiger partial charge < -0.3 is 0 Å². The van der Waals surface area contributed by atoms with Crippen LogP contribution in [-0.4, -0.2) is 5.78 Å². The van der Waals surface area contributed by atoms with Crippen molar-refractivity contribution in [1.82, 2.24) is 0 Å². The minimum Gasteiger partial charge on any atom is -0.300 e. The van der Waals surface area contributed by atoms with Crippen molar-refractivity contribution in [3.63, 3.8) is 0 Å². The number of carbonyl (C=O) groups is 1. The fourth-order valence-electron chi connectivity index (χ4n) is 7.96. The molecule has 4 rings (SSSR count).